The first-order valence-corrected chi connectivity index (χ1v) is 9.08. The number of nitrogens with one attached hydrogen (secondary N) is 1. The van der Waals surface area contributed by atoms with E-state index in [4.69, 9.17) is 16.3 Å². The lowest BCUT2D eigenvalue weighted by molar-refractivity contribution is -0.118. The lowest BCUT2D eigenvalue weighted by Crippen LogP contribution is -2.22. The monoisotopic (exact) mass is 368 g/mol. The van der Waals surface area contributed by atoms with E-state index in [0.29, 0.717) is 16.3 Å². The van der Waals surface area contributed by atoms with Crippen molar-refractivity contribution in [3.8, 4) is 5.75 Å². The number of nitrogens with zero attached hydrogens (tertiary/aromatic N) is 1. The molecule has 0 aliphatic carbocycles. The Labute approximate surface area is 158 Å². The van der Waals surface area contributed by atoms with E-state index in [0.717, 1.165) is 35.0 Å². The van der Waals surface area contributed by atoms with Gasteiger partial charge in [-0.3, -0.25) is 9.78 Å². The summed E-state index contributed by atoms with van der Waals surface area (Å²) in [6.45, 7) is 4.06. The molecule has 3 rings (SSSR count). The maximum atomic E-state index is 12.4. The van der Waals surface area contributed by atoms with E-state index in [-0.39, 0.29) is 12.5 Å². The van der Waals surface area contributed by atoms with Gasteiger partial charge < -0.3 is 10.1 Å². The van der Waals surface area contributed by atoms with Crippen molar-refractivity contribution < 1.29 is 9.53 Å². The van der Waals surface area contributed by atoms with Gasteiger partial charge in [-0.1, -0.05) is 43.6 Å². The summed E-state index contributed by atoms with van der Waals surface area (Å²) in [6, 6.07) is 13.3. The lowest BCUT2D eigenvalue weighted by Gasteiger charge is -2.15. The molecule has 4 nitrogen and oxygen atoms in total. The number of ether oxygens (including phenoxy) is 1. The first-order valence-electron chi connectivity index (χ1n) is 8.70. The SMILES string of the molecule is CCc1cccc(CC)c1NC(=O)COc1ccc(Cl)c2cccnc12. The van der Waals surface area contributed by atoms with Gasteiger partial charge in [-0.05, 0) is 48.2 Å². The van der Waals surface area contributed by atoms with Crippen LogP contribution in [0.2, 0.25) is 5.02 Å². The molecule has 5 heteroatoms. The Balaban J connectivity index is 1.76. The Bertz CT molecular complexity index is 918. The van der Waals surface area contributed by atoms with Crippen molar-refractivity contribution in [3.05, 3.63) is 64.8 Å². The van der Waals surface area contributed by atoms with Crippen LogP contribution in [-0.4, -0.2) is 17.5 Å². The molecule has 0 aliphatic rings. The highest BCUT2D eigenvalue weighted by Gasteiger charge is 2.12. The number of fused-ring (bicyclic) bond motifs is 1. The number of pyridine rings is 1. The van der Waals surface area contributed by atoms with Crippen molar-refractivity contribution in [3.63, 3.8) is 0 Å². The fourth-order valence-electron chi connectivity index (χ4n) is 2.95. The molecular formula is C21H21ClN2O2. The van der Waals surface area contributed by atoms with Crippen LogP contribution >= 0.6 is 11.6 Å². The molecule has 0 saturated heterocycles. The Morgan fingerprint density at radius 3 is 2.50 bits per heavy atom. The number of para-hydroxylation sites is 1. The Hall–Kier alpha value is -2.59. The summed E-state index contributed by atoms with van der Waals surface area (Å²) in [6.07, 6.45) is 3.39. The lowest BCUT2D eigenvalue weighted by atomic mass is 10.0. The van der Waals surface area contributed by atoms with E-state index in [9.17, 15) is 4.79 Å². The minimum atomic E-state index is -0.195. The molecule has 0 aliphatic heterocycles. The van der Waals surface area contributed by atoms with Gasteiger partial charge in [0.15, 0.2) is 6.61 Å². The van der Waals surface area contributed by atoms with Crippen LogP contribution in [-0.2, 0) is 17.6 Å². The quantitative estimate of drug-likeness (QED) is 0.663. The number of aryl methyl sites for hydroxylation is 2. The van der Waals surface area contributed by atoms with Crippen molar-refractivity contribution in [2.75, 3.05) is 11.9 Å². The van der Waals surface area contributed by atoms with Gasteiger partial charge in [-0.15, -0.1) is 0 Å². The van der Waals surface area contributed by atoms with Crippen molar-refractivity contribution in [2.45, 2.75) is 26.7 Å². The number of benzene rings is 2. The van der Waals surface area contributed by atoms with Crippen LogP contribution in [0, 0.1) is 0 Å². The number of carbonyl (C=O) groups excluding carboxylic acids is 1. The molecule has 0 fully saturated rings. The van der Waals surface area contributed by atoms with Crippen molar-refractivity contribution in [1.82, 2.24) is 4.98 Å². The zero-order valence-electron chi connectivity index (χ0n) is 14.9. The van der Waals surface area contributed by atoms with Crippen molar-refractivity contribution >= 4 is 34.1 Å². The van der Waals surface area contributed by atoms with Crippen LogP contribution < -0.4 is 10.1 Å². The third kappa shape index (κ3) is 3.81. The van der Waals surface area contributed by atoms with Crippen LogP contribution in [0.1, 0.15) is 25.0 Å². The molecule has 0 atom stereocenters. The molecule has 26 heavy (non-hydrogen) atoms. The minimum Gasteiger partial charge on any atom is -0.481 e. The highest BCUT2D eigenvalue weighted by molar-refractivity contribution is 6.35. The second-order valence-corrected chi connectivity index (χ2v) is 6.35. The number of hydrogen-bond acceptors (Lipinski definition) is 3. The average molecular weight is 369 g/mol. The summed E-state index contributed by atoms with van der Waals surface area (Å²) in [4.78, 5) is 16.8. The molecule has 2 aromatic carbocycles. The fourth-order valence-corrected chi connectivity index (χ4v) is 3.17. The Morgan fingerprint density at radius 1 is 1.08 bits per heavy atom. The first-order chi connectivity index (χ1) is 12.6. The smallest absolute Gasteiger partial charge is 0.262 e. The molecule has 134 valence electrons. The molecule has 0 unspecified atom stereocenters. The standard InChI is InChI=1S/C21H21ClN2O2/c1-3-14-7-5-8-15(4-2)20(14)24-19(25)13-26-18-11-10-17(22)16-9-6-12-23-21(16)18/h5-12H,3-4,13H2,1-2H3,(H,24,25). The van der Waals surface area contributed by atoms with Crippen molar-refractivity contribution in [2.24, 2.45) is 0 Å². The molecule has 1 N–H and O–H groups in total. The topological polar surface area (TPSA) is 51.2 Å². The van der Waals surface area contributed by atoms with Crippen LogP contribution in [0.5, 0.6) is 5.75 Å². The number of halogens is 1. The predicted octanol–water partition coefficient (Wildman–Crippen LogP) is 5.03. The van der Waals surface area contributed by atoms with Gasteiger partial charge in [0, 0.05) is 17.3 Å². The first kappa shape index (κ1) is 18.2. The zero-order chi connectivity index (χ0) is 18.5. The van der Waals surface area contributed by atoms with Crippen LogP contribution in [0.3, 0.4) is 0 Å². The summed E-state index contributed by atoms with van der Waals surface area (Å²) in [5.74, 6) is 0.347. The van der Waals surface area contributed by atoms with E-state index in [2.05, 4.69) is 24.1 Å². The van der Waals surface area contributed by atoms with Gasteiger partial charge in [-0.2, -0.15) is 0 Å². The summed E-state index contributed by atoms with van der Waals surface area (Å²) >= 11 is 6.19. The number of carbonyl (C=O) groups is 1. The van der Waals surface area contributed by atoms with Gasteiger partial charge in [0.1, 0.15) is 11.3 Å². The van der Waals surface area contributed by atoms with E-state index in [1.807, 2.05) is 30.3 Å². The molecule has 1 heterocycles. The molecule has 0 bridgehead atoms. The highest BCUT2D eigenvalue weighted by atomic mass is 35.5. The normalized spacial score (nSPS) is 10.7. The Morgan fingerprint density at radius 2 is 1.81 bits per heavy atom. The largest absolute Gasteiger partial charge is 0.481 e. The summed E-state index contributed by atoms with van der Waals surface area (Å²) in [7, 11) is 0. The number of anilines is 1. The number of amides is 1. The zero-order valence-corrected chi connectivity index (χ0v) is 15.6. The maximum Gasteiger partial charge on any atom is 0.262 e. The molecular weight excluding hydrogens is 348 g/mol. The van der Waals surface area contributed by atoms with E-state index in [1.54, 1.807) is 18.3 Å². The number of aromatic nitrogens is 1. The predicted molar refractivity (Wildman–Crippen MR) is 106 cm³/mol. The molecule has 0 radical (unpaired) electrons. The van der Waals surface area contributed by atoms with E-state index < -0.39 is 0 Å². The summed E-state index contributed by atoms with van der Waals surface area (Å²) < 4.78 is 5.72. The molecule has 3 aromatic rings. The summed E-state index contributed by atoms with van der Waals surface area (Å²) in [5.41, 5.74) is 3.79. The number of hydrogen-bond donors (Lipinski definition) is 1. The van der Waals surface area contributed by atoms with Crippen molar-refractivity contribution in [1.29, 1.82) is 0 Å². The molecule has 0 spiro atoms. The minimum absolute atomic E-state index is 0.0888. The number of rotatable bonds is 6. The van der Waals surface area contributed by atoms with E-state index >= 15 is 0 Å². The van der Waals surface area contributed by atoms with Crippen LogP contribution in [0.25, 0.3) is 10.9 Å². The molecule has 1 amide bonds. The van der Waals surface area contributed by atoms with Gasteiger partial charge in [-0.25, -0.2) is 0 Å². The van der Waals surface area contributed by atoms with Crippen LogP contribution in [0.4, 0.5) is 5.69 Å². The third-order valence-corrected chi connectivity index (χ3v) is 4.63. The second kappa shape index (κ2) is 8.19. The van der Waals surface area contributed by atoms with E-state index in [1.165, 1.54) is 0 Å². The van der Waals surface area contributed by atoms with Gasteiger partial charge >= 0.3 is 0 Å². The second-order valence-electron chi connectivity index (χ2n) is 5.94. The van der Waals surface area contributed by atoms with Crippen LogP contribution in [0.15, 0.2) is 48.7 Å². The van der Waals surface area contributed by atoms with Gasteiger partial charge in [0.25, 0.3) is 5.91 Å². The highest BCUT2D eigenvalue weighted by Crippen LogP contribution is 2.29. The molecule has 1 aromatic heterocycles. The van der Waals surface area contributed by atoms with Gasteiger partial charge in [0.05, 0.1) is 5.02 Å². The fraction of sp³-hybridized carbons (Fsp3) is 0.238. The third-order valence-electron chi connectivity index (χ3n) is 4.30. The average Bonchev–Trinajstić information content (AvgIpc) is 2.68. The van der Waals surface area contributed by atoms with Gasteiger partial charge in [0.2, 0.25) is 0 Å². The summed E-state index contributed by atoms with van der Waals surface area (Å²) in [5, 5.41) is 4.41. The molecule has 0 saturated carbocycles. The Kier molecular flexibility index (Phi) is 5.74. The maximum absolute atomic E-state index is 12.4.